The van der Waals surface area contributed by atoms with Gasteiger partial charge in [0.05, 0.1) is 6.04 Å². The maximum absolute atomic E-state index is 2.75. The molecule has 0 radical (unpaired) electrons. The Kier molecular flexibility index (Phi) is 6.09. The van der Waals surface area contributed by atoms with Crippen molar-refractivity contribution in [1.29, 1.82) is 0 Å². The molecule has 3 rings (SSSR count). The molecule has 0 saturated heterocycles. The Morgan fingerprint density at radius 3 is 1.58 bits per heavy atom. The first-order chi connectivity index (χ1) is 11.9. The summed E-state index contributed by atoms with van der Waals surface area (Å²) in [6.45, 7) is 7.01. The van der Waals surface area contributed by atoms with Gasteiger partial charge < -0.3 is 0 Å². The summed E-state index contributed by atoms with van der Waals surface area (Å²) in [7, 11) is 0. The lowest BCUT2D eigenvalue weighted by atomic mass is 10.0. The molecule has 0 aliphatic heterocycles. The van der Waals surface area contributed by atoms with E-state index in [9.17, 15) is 0 Å². The number of nitrogens with zero attached hydrogens (tertiary/aromatic N) is 1. The van der Waals surface area contributed by atoms with E-state index in [1.165, 1.54) is 73.9 Å². The standard InChI is InChI=1S/C23H31N/c1-3-5-11-17-24(18-12-6-4-2)23-21-15-9-7-13-19(21)20-14-8-10-16-22(20)23/h7-10,13-16,23H,3-6,11-12,17-18H2,1-2H3. The van der Waals surface area contributed by atoms with Crippen molar-refractivity contribution in [1.82, 2.24) is 4.90 Å². The van der Waals surface area contributed by atoms with Gasteiger partial charge in [-0.05, 0) is 48.2 Å². The number of unbranched alkanes of at least 4 members (excludes halogenated alkanes) is 4. The molecule has 0 fully saturated rings. The highest BCUT2D eigenvalue weighted by atomic mass is 15.2. The lowest BCUT2D eigenvalue weighted by Gasteiger charge is -2.30. The molecule has 24 heavy (non-hydrogen) atoms. The van der Waals surface area contributed by atoms with Crippen LogP contribution in [0.3, 0.4) is 0 Å². The van der Waals surface area contributed by atoms with E-state index in [0.29, 0.717) is 6.04 Å². The second-order valence-corrected chi connectivity index (χ2v) is 7.03. The molecular weight excluding hydrogens is 290 g/mol. The van der Waals surface area contributed by atoms with E-state index in [2.05, 4.69) is 67.3 Å². The van der Waals surface area contributed by atoms with Crippen molar-refractivity contribution in [3.05, 3.63) is 59.7 Å². The van der Waals surface area contributed by atoms with E-state index in [4.69, 9.17) is 0 Å². The topological polar surface area (TPSA) is 3.24 Å². The summed E-state index contributed by atoms with van der Waals surface area (Å²) in [5.74, 6) is 0. The van der Waals surface area contributed by atoms with Crippen molar-refractivity contribution in [2.45, 2.75) is 58.4 Å². The van der Waals surface area contributed by atoms with Gasteiger partial charge in [-0.1, -0.05) is 88.1 Å². The van der Waals surface area contributed by atoms with Crippen LogP contribution in [0.5, 0.6) is 0 Å². The fourth-order valence-electron chi connectivity index (χ4n) is 4.02. The molecule has 0 bridgehead atoms. The van der Waals surface area contributed by atoms with Crippen LogP contribution in [-0.2, 0) is 0 Å². The van der Waals surface area contributed by atoms with Gasteiger partial charge in [0, 0.05) is 0 Å². The van der Waals surface area contributed by atoms with Gasteiger partial charge >= 0.3 is 0 Å². The Hall–Kier alpha value is -1.60. The van der Waals surface area contributed by atoms with Gasteiger partial charge in [-0.15, -0.1) is 0 Å². The predicted octanol–water partition coefficient (Wildman–Crippen LogP) is 6.44. The molecule has 0 atom stereocenters. The summed E-state index contributed by atoms with van der Waals surface area (Å²) in [6, 6.07) is 18.5. The Balaban J connectivity index is 1.90. The molecule has 0 spiro atoms. The van der Waals surface area contributed by atoms with E-state index < -0.39 is 0 Å². The smallest absolute Gasteiger partial charge is 0.0614 e. The van der Waals surface area contributed by atoms with E-state index in [-0.39, 0.29) is 0 Å². The lowest BCUT2D eigenvalue weighted by molar-refractivity contribution is 0.219. The highest BCUT2D eigenvalue weighted by Crippen LogP contribution is 2.46. The van der Waals surface area contributed by atoms with Crippen LogP contribution >= 0.6 is 0 Å². The fourth-order valence-corrected chi connectivity index (χ4v) is 4.02. The molecule has 2 aromatic rings. The number of rotatable bonds is 9. The van der Waals surface area contributed by atoms with Crippen LogP contribution in [0.15, 0.2) is 48.5 Å². The van der Waals surface area contributed by atoms with Crippen LogP contribution in [-0.4, -0.2) is 18.0 Å². The average molecular weight is 322 g/mol. The summed E-state index contributed by atoms with van der Waals surface area (Å²) in [5, 5.41) is 0. The van der Waals surface area contributed by atoms with Gasteiger partial charge in [0.25, 0.3) is 0 Å². The van der Waals surface area contributed by atoms with Crippen LogP contribution in [0.2, 0.25) is 0 Å². The van der Waals surface area contributed by atoms with Crippen LogP contribution in [0.1, 0.15) is 69.5 Å². The Bertz CT molecular complexity index is 590. The monoisotopic (exact) mass is 321 g/mol. The van der Waals surface area contributed by atoms with Gasteiger partial charge in [0.1, 0.15) is 0 Å². The van der Waals surface area contributed by atoms with Crippen molar-refractivity contribution in [3.63, 3.8) is 0 Å². The van der Waals surface area contributed by atoms with Gasteiger partial charge in [-0.3, -0.25) is 4.90 Å². The van der Waals surface area contributed by atoms with Crippen LogP contribution in [0, 0.1) is 0 Å². The van der Waals surface area contributed by atoms with Crippen molar-refractivity contribution >= 4 is 0 Å². The van der Waals surface area contributed by atoms with E-state index in [0.717, 1.165) is 0 Å². The third-order valence-electron chi connectivity index (χ3n) is 5.26. The zero-order valence-corrected chi connectivity index (χ0v) is 15.3. The third kappa shape index (κ3) is 3.57. The average Bonchev–Trinajstić information content (AvgIpc) is 2.95. The molecule has 1 nitrogen and oxygen atoms in total. The highest BCUT2D eigenvalue weighted by molar-refractivity contribution is 5.78. The van der Waals surface area contributed by atoms with Crippen LogP contribution in [0.4, 0.5) is 0 Å². The molecule has 0 N–H and O–H groups in total. The van der Waals surface area contributed by atoms with Gasteiger partial charge in [0.15, 0.2) is 0 Å². The summed E-state index contributed by atoms with van der Waals surface area (Å²) < 4.78 is 0. The fraction of sp³-hybridized carbons (Fsp3) is 0.478. The van der Waals surface area contributed by atoms with Crippen LogP contribution < -0.4 is 0 Å². The normalized spacial score (nSPS) is 13.3. The molecule has 128 valence electrons. The zero-order chi connectivity index (χ0) is 16.8. The maximum atomic E-state index is 2.75. The quantitative estimate of drug-likeness (QED) is 0.480. The molecule has 0 amide bonds. The van der Waals surface area contributed by atoms with Crippen molar-refractivity contribution < 1.29 is 0 Å². The largest absolute Gasteiger partial charge is 0.292 e. The van der Waals surface area contributed by atoms with Gasteiger partial charge in [-0.25, -0.2) is 0 Å². The van der Waals surface area contributed by atoms with Crippen molar-refractivity contribution in [3.8, 4) is 11.1 Å². The van der Waals surface area contributed by atoms with Crippen LogP contribution in [0.25, 0.3) is 11.1 Å². The molecule has 1 aliphatic rings. The molecule has 2 aromatic carbocycles. The Morgan fingerprint density at radius 2 is 1.12 bits per heavy atom. The van der Waals surface area contributed by atoms with E-state index in [1.807, 2.05) is 0 Å². The minimum Gasteiger partial charge on any atom is -0.292 e. The molecule has 0 unspecified atom stereocenters. The van der Waals surface area contributed by atoms with Crippen molar-refractivity contribution in [2.24, 2.45) is 0 Å². The second-order valence-electron chi connectivity index (χ2n) is 7.03. The summed E-state index contributed by atoms with van der Waals surface area (Å²) in [5.41, 5.74) is 5.89. The Morgan fingerprint density at radius 1 is 0.667 bits per heavy atom. The first-order valence-corrected chi connectivity index (χ1v) is 9.79. The van der Waals surface area contributed by atoms with E-state index in [1.54, 1.807) is 0 Å². The third-order valence-corrected chi connectivity index (χ3v) is 5.26. The molecule has 0 aromatic heterocycles. The summed E-state index contributed by atoms with van der Waals surface area (Å²) in [4.78, 5) is 2.75. The molecule has 1 aliphatic carbocycles. The zero-order valence-electron chi connectivity index (χ0n) is 15.3. The number of benzene rings is 2. The van der Waals surface area contributed by atoms with E-state index >= 15 is 0 Å². The number of fused-ring (bicyclic) bond motifs is 3. The highest BCUT2D eigenvalue weighted by Gasteiger charge is 2.31. The summed E-state index contributed by atoms with van der Waals surface area (Å²) >= 11 is 0. The van der Waals surface area contributed by atoms with Gasteiger partial charge in [0.2, 0.25) is 0 Å². The lowest BCUT2D eigenvalue weighted by Crippen LogP contribution is -2.30. The molecule has 1 heteroatoms. The molecule has 0 heterocycles. The number of hydrogen-bond donors (Lipinski definition) is 0. The molecular formula is C23H31N. The summed E-state index contributed by atoms with van der Waals surface area (Å²) in [6.07, 6.45) is 7.87. The first-order valence-electron chi connectivity index (χ1n) is 9.79. The number of hydrogen-bond acceptors (Lipinski definition) is 1. The Labute approximate surface area is 147 Å². The van der Waals surface area contributed by atoms with Crippen molar-refractivity contribution in [2.75, 3.05) is 13.1 Å². The second kappa shape index (κ2) is 8.48. The SMILES string of the molecule is CCCCCN(CCCCC)C1c2ccccc2-c2ccccc21. The predicted molar refractivity (Wildman–Crippen MR) is 104 cm³/mol. The first kappa shape index (κ1) is 17.2. The minimum absolute atomic E-state index is 0.450. The minimum atomic E-state index is 0.450. The maximum Gasteiger partial charge on any atom is 0.0614 e. The molecule has 0 saturated carbocycles. The van der Waals surface area contributed by atoms with Gasteiger partial charge in [-0.2, -0.15) is 0 Å².